The number of anilines is 1. The van der Waals surface area contributed by atoms with Gasteiger partial charge in [0.1, 0.15) is 0 Å². The summed E-state index contributed by atoms with van der Waals surface area (Å²) in [5, 5.41) is 12.3. The third-order valence-electron chi connectivity index (χ3n) is 3.73. The number of nitrogens with one attached hydrogen (secondary N) is 1. The van der Waals surface area contributed by atoms with Crippen LogP contribution >= 0.6 is 0 Å². The van der Waals surface area contributed by atoms with E-state index in [0.717, 1.165) is 18.5 Å². The Kier molecular flexibility index (Phi) is 4.32. The number of aliphatic carboxylic acids is 1. The second kappa shape index (κ2) is 5.83. The lowest BCUT2D eigenvalue weighted by molar-refractivity contribution is -0.142. The summed E-state index contributed by atoms with van der Waals surface area (Å²) in [4.78, 5) is 11.2. The van der Waals surface area contributed by atoms with Gasteiger partial charge in [-0.25, -0.2) is 8.42 Å². The molecule has 110 valence electrons. The van der Waals surface area contributed by atoms with Crippen LogP contribution in [-0.4, -0.2) is 31.8 Å². The molecule has 20 heavy (non-hydrogen) atoms. The Morgan fingerprint density at radius 2 is 1.70 bits per heavy atom. The van der Waals surface area contributed by atoms with Crippen molar-refractivity contribution in [2.75, 3.05) is 11.6 Å². The average molecular weight is 297 g/mol. The summed E-state index contributed by atoms with van der Waals surface area (Å²) < 4.78 is 22.7. The van der Waals surface area contributed by atoms with Crippen molar-refractivity contribution in [3.63, 3.8) is 0 Å². The van der Waals surface area contributed by atoms with E-state index in [0.29, 0.717) is 17.7 Å². The summed E-state index contributed by atoms with van der Waals surface area (Å²) in [6.07, 6.45) is 4.21. The van der Waals surface area contributed by atoms with Crippen LogP contribution in [-0.2, 0) is 14.6 Å². The van der Waals surface area contributed by atoms with E-state index in [-0.39, 0.29) is 12.0 Å². The largest absolute Gasteiger partial charge is 0.481 e. The molecule has 0 aliphatic heterocycles. The first-order valence-corrected chi connectivity index (χ1v) is 8.55. The first-order chi connectivity index (χ1) is 9.36. The van der Waals surface area contributed by atoms with E-state index in [4.69, 9.17) is 5.11 Å². The van der Waals surface area contributed by atoms with Crippen LogP contribution in [0.15, 0.2) is 29.2 Å². The van der Waals surface area contributed by atoms with Crippen molar-refractivity contribution in [3.8, 4) is 0 Å². The maximum atomic E-state index is 11.4. The molecule has 0 atom stereocenters. The highest BCUT2D eigenvalue weighted by atomic mass is 32.2. The molecule has 0 saturated heterocycles. The number of carboxylic acids is 1. The van der Waals surface area contributed by atoms with E-state index in [1.807, 2.05) is 0 Å². The van der Waals surface area contributed by atoms with Gasteiger partial charge in [0, 0.05) is 18.0 Å². The highest BCUT2D eigenvalue weighted by Gasteiger charge is 2.25. The minimum atomic E-state index is -3.16. The van der Waals surface area contributed by atoms with Crippen LogP contribution < -0.4 is 5.32 Å². The molecule has 2 N–H and O–H groups in total. The molecule has 0 heterocycles. The molecule has 0 unspecified atom stereocenters. The van der Waals surface area contributed by atoms with Gasteiger partial charge in [-0.15, -0.1) is 0 Å². The van der Waals surface area contributed by atoms with Crippen molar-refractivity contribution < 1.29 is 18.3 Å². The first kappa shape index (κ1) is 14.8. The van der Waals surface area contributed by atoms with Crippen molar-refractivity contribution in [3.05, 3.63) is 24.3 Å². The van der Waals surface area contributed by atoms with Gasteiger partial charge in [0.05, 0.1) is 10.8 Å². The monoisotopic (exact) mass is 297 g/mol. The molecule has 1 aliphatic carbocycles. The van der Waals surface area contributed by atoms with E-state index in [9.17, 15) is 13.2 Å². The summed E-state index contributed by atoms with van der Waals surface area (Å²) >= 11 is 0. The van der Waals surface area contributed by atoms with E-state index >= 15 is 0 Å². The molecule has 1 fully saturated rings. The zero-order chi connectivity index (χ0) is 14.8. The number of carbonyl (C=O) groups is 1. The van der Waals surface area contributed by atoms with Crippen molar-refractivity contribution >= 4 is 21.5 Å². The number of benzene rings is 1. The molecule has 1 aromatic carbocycles. The third-order valence-corrected chi connectivity index (χ3v) is 4.86. The highest BCUT2D eigenvalue weighted by Crippen LogP contribution is 2.27. The Balaban J connectivity index is 1.93. The number of carboxylic acid groups (broad SMARTS) is 1. The molecule has 0 radical (unpaired) electrons. The number of sulfone groups is 1. The predicted octanol–water partition coefficient (Wildman–Crippen LogP) is 2.15. The molecule has 0 spiro atoms. The van der Waals surface area contributed by atoms with Crippen molar-refractivity contribution in [1.29, 1.82) is 0 Å². The van der Waals surface area contributed by atoms with Crippen LogP contribution in [0.25, 0.3) is 0 Å². The van der Waals surface area contributed by atoms with Crippen molar-refractivity contribution in [2.24, 2.45) is 5.92 Å². The fraction of sp³-hybridized carbons (Fsp3) is 0.500. The molecule has 6 heteroatoms. The molecular formula is C14H19NO4S. The molecule has 0 bridgehead atoms. The molecule has 1 aliphatic rings. The van der Waals surface area contributed by atoms with Gasteiger partial charge in [0.25, 0.3) is 0 Å². The highest BCUT2D eigenvalue weighted by molar-refractivity contribution is 7.90. The predicted molar refractivity (Wildman–Crippen MR) is 76.6 cm³/mol. The second-order valence-electron chi connectivity index (χ2n) is 5.33. The standard InChI is InChI=1S/C14H19NO4S/c1-20(18,19)13-8-6-12(7-9-13)15-11-4-2-10(3-5-11)14(16)17/h6-11,15H,2-5H2,1H3,(H,16,17). The van der Waals surface area contributed by atoms with E-state index in [2.05, 4.69) is 5.32 Å². The van der Waals surface area contributed by atoms with Crippen LogP contribution in [0.4, 0.5) is 5.69 Å². The molecule has 1 saturated carbocycles. The van der Waals surface area contributed by atoms with Crippen molar-refractivity contribution in [2.45, 2.75) is 36.6 Å². The second-order valence-corrected chi connectivity index (χ2v) is 7.34. The first-order valence-electron chi connectivity index (χ1n) is 6.66. The summed E-state index contributed by atoms with van der Waals surface area (Å²) in [6.45, 7) is 0. The summed E-state index contributed by atoms with van der Waals surface area (Å²) in [5.41, 5.74) is 0.871. The van der Waals surface area contributed by atoms with E-state index < -0.39 is 15.8 Å². The fourth-order valence-electron chi connectivity index (χ4n) is 2.52. The molecule has 0 aromatic heterocycles. The summed E-state index contributed by atoms with van der Waals surface area (Å²) in [5.74, 6) is -0.929. The van der Waals surface area contributed by atoms with Gasteiger partial charge in [-0.1, -0.05) is 0 Å². The molecule has 5 nitrogen and oxygen atoms in total. The minimum absolute atomic E-state index is 0.222. The topological polar surface area (TPSA) is 83.5 Å². The Morgan fingerprint density at radius 3 is 2.15 bits per heavy atom. The van der Waals surface area contributed by atoms with Gasteiger partial charge in [-0.3, -0.25) is 4.79 Å². The third kappa shape index (κ3) is 3.72. The van der Waals surface area contributed by atoms with Crippen LogP contribution in [0.5, 0.6) is 0 Å². The van der Waals surface area contributed by atoms with Crippen molar-refractivity contribution in [1.82, 2.24) is 0 Å². The average Bonchev–Trinajstić information content (AvgIpc) is 2.39. The maximum Gasteiger partial charge on any atom is 0.306 e. The van der Waals surface area contributed by atoms with E-state index in [1.54, 1.807) is 24.3 Å². The van der Waals surface area contributed by atoms with Gasteiger partial charge < -0.3 is 10.4 Å². The summed E-state index contributed by atoms with van der Waals surface area (Å²) in [6, 6.07) is 6.93. The SMILES string of the molecule is CS(=O)(=O)c1ccc(NC2CCC(C(=O)O)CC2)cc1. The molecule has 0 amide bonds. The lowest BCUT2D eigenvalue weighted by Crippen LogP contribution is -2.29. The molecule has 2 rings (SSSR count). The zero-order valence-electron chi connectivity index (χ0n) is 11.4. The van der Waals surface area contributed by atoms with Gasteiger partial charge in [0.15, 0.2) is 9.84 Å². The minimum Gasteiger partial charge on any atom is -0.481 e. The van der Waals surface area contributed by atoms with Crippen LogP contribution in [0.3, 0.4) is 0 Å². The lowest BCUT2D eigenvalue weighted by Gasteiger charge is -2.27. The smallest absolute Gasteiger partial charge is 0.306 e. The molecular weight excluding hydrogens is 278 g/mol. The Labute approximate surface area is 118 Å². The van der Waals surface area contributed by atoms with Gasteiger partial charge in [0.2, 0.25) is 0 Å². The van der Waals surface area contributed by atoms with E-state index in [1.165, 1.54) is 6.26 Å². The van der Waals surface area contributed by atoms with Gasteiger partial charge >= 0.3 is 5.97 Å². The van der Waals surface area contributed by atoms with Crippen LogP contribution in [0.2, 0.25) is 0 Å². The molecule has 1 aromatic rings. The van der Waals surface area contributed by atoms with Crippen LogP contribution in [0, 0.1) is 5.92 Å². The number of hydrogen-bond donors (Lipinski definition) is 2. The fourth-order valence-corrected chi connectivity index (χ4v) is 3.15. The Bertz CT molecular complexity index is 572. The zero-order valence-corrected chi connectivity index (χ0v) is 12.2. The Morgan fingerprint density at radius 1 is 1.15 bits per heavy atom. The van der Waals surface area contributed by atoms with Crippen LogP contribution in [0.1, 0.15) is 25.7 Å². The van der Waals surface area contributed by atoms with Gasteiger partial charge in [-0.2, -0.15) is 0 Å². The lowest BCUT2D eigenvalue weighted by atomic mass is 9.86. The maximum absolute atomic E-state index is 11.4. The number of rotatable bonds is 4. The number of hydrogen-bond acceptors (Lipinski definition) is 4. The normalized spacial score (nSPS) is 23.2. The summed E-state index contributed by atoms with van der Waals surface area (Å²) in [7, 11) is -3.16. The Hall–Kier alpha value is -1.56. The van der Waals surface area contributed by atoms with Gasteiger partial charge in [-0.05, 0) is 49.9 Å². The quantitative estimate of drug-likeness (QED) is 0.889.